The van der Waals surface area contributed by atoms with Gasteiger partial charge in [0.2, 0.25) is 0 Å². The fourth-order valence-electron chi connectivity index (χ4n) is 1.64. The Morgan fingerprint density at radius 3 is 2.50 bits per heavy atom. The maximum absolute atomic E-state index is 11.9. The van der Waals surface area contributed by atoms with Crippen LogP contribution in [0.2, 0.25) is 0 Å². The number of nitrogens with one attached hydrogen (secondary N) is 1. The van der Waals surface area contributed by atoms with E-state index in [9.17, 15) is 4.79 Å². The summed E-state index contributed by atoms with van der Waals surface area (Å²) in [7, 11) is 0. The molecule has 1 atom stereocenters. The molecule has 3 N–H and O–H groups in total. The Labute approximate surface area is 116 Å². The molecule has 0 heterocycles. The monoisotopic (exact) mass is 270 g/mol. The molecule has 0 bridgehead atoms. The van der Waals surface area contributed by atoms with Crippen LogP contribution in [0, 0.1) is 5.92 Å². The van der Waals surface area contributed by atoms with Gasteiger partial charge in [-0.3, -0.25) is 4.79 Å². The Hall–Kier alpha value is -1.22. The van der Waals surface area contributed by atoms with Crippen molar-refractivity contribution in [2.24, 2.45) is 5.92 Å². The Morgan fingerprint density at radius 2 is 1.94 bits per heavy atom. The van der Waals surface area contributed by atoms with E-state index in [1.54, 1.807) is 24.3 Å². The second-order valence-corrected chi connectivity index (χ2v) is 4.97. The first-order valence-electron chi connectivity index (χ1n) is 6.15. The number of benzene rings is 1. The van der Waals surface area contributed by atoms with Crippen molar-refractivity contribution < 1.29 is 4.79 Å². The smallest absolute Gasteiger partial charge is 0.251 e. The van der Waals surface area contributed by atoms with Crippen LogP contribution in [-0.4, -0.2) is 11.9 Å². The van der Waals surface area contributed by atoms with Gasteiger partial charge in [0.1, 0.15) is 0 Å². The van der Waals surface area contributed by atoms with Crippen molar-refractivity contribution in [3.63, 3.8) is 0 Å². The highest BCUT2D eigenvalue weighted by atomic mass is 35.5. The van der Waals surface area contributed by atoms with E-state index in [-0.39, 0.29) is 24.4 Å². The van der Waals surface area contributed by atoms with Crippen LogP contribution in [-0.2, 0) is 0 Å². The van der Waals surface area contributed by atoms with Crippen LogP contribution in [0.1, 0.15) is 44.0 Å². The molecule has 0 spiro atoms. The number of halogens is 1. The number of anilines is 1. The van der Waals surface area contributed by atoms with Gasteiger partial charge in [-0.2, -0.15) is 0 Å². The number of hydrogen-bond donors (Lipinski definition) is 2. The molecular formula is C14H23ClN2O. The molecule has 1 amide bonds. The van der Waals surface area contributed by atoms with Crippen LogP contribution in [0.15, 0.2) is 24.3 Å². The van der Waals surface area contributed by atoms with Gasteiger partial charge in [0.05, 0.1) is 0 Å². The number of hydrogen-bond acceptors (Lipinski definition) is 2. The third-order valence-corrected chi connectivity index (χ3v) is 2.70. The predicted molar refractivity (Wildman–Crippen MR) is 79.1 cm³/mol. The quantitative estimate of drug-likeness (QED) is 0.807. The summed E-state index contributed by atoms with van der Waals surface area (Å²) in [6.07, 6.45) is 2.13. The molecule has 0 saturated heterocycles. The summed E-state index contributed by atoms with van der Waals surface area (Å²) in [5.74, 6) is 0.621. The molecule has 1 rings (SSSR count). The highest BCUT2D eigenvalue weighted by Gasteiger charge is 2.10. The molecule has 0 saturated carbocycles. The zero-order chi connectivity index (χ0) is 12.8. The lowest BCUT2D eigenvalue weighted by atomic mass is 10.0. The molecule has 18 heavy (non-hydrogen) atoms. The second kappa shape index (κ2) is 7.98. The average molecular weight is 271 g/mol. The SMILES string of the molecule is CC(C)CCC(C)NC(=O)c1cccc(N)c1.Cl. The highest BCUT2D eigenvalue weighted by Crippen LogP contribution is 2.09. The number of nitrogen functional groups attached to an aromatic ring is 1. The van der Waals surface area contributed by atoms with Crippen LogP contribution in [0.5, 0.6) is 0 Å². The van der Waals surface area contributed by atoms with Crippen molar-refractivity contribution >= 4 is 24.0 Å². The summed E-state index contributed by atoms with van der Waals surface area (Å²) in [6.45, 7) is 6.41. The van der Waals surface area contributed by atoms with E-state index in [1.165, 1.54) is 0 Å². The molecule has 0 fully saturated rings. The van der Waals surface area contributed by atoms with Gasteiger partial charge < -0.3 is 11.1 Å². The van der Waals surface area contributed by atoms with Gasteiger partial charge in [-0.25, -0.2) is 0 Å². The third-order valence-electron chi connectivity index (χ3n) is 2.70. The lowest BCUT2D eigenvalue weighted by molar-refractivity contribution is 0.0937. The van der Waals surface area contributed by atoms with Crippen molar-refractivity contribution in [1.82, 2.24) is 5.32 Å². The number of carbonyl (C=O) groups excluding carboxylic acids is 1. The highest BCUT2D eigenvalue weighted by molar-refractivity contribution is 5.95. The van der Waals surface area contributed by atoms with Crippen LogP contribution in [0.25, 0.3) is 0 Å². The van der Waals surface area contributed by atoms with Crippen molar-refractivity contribution in [3.8, 4) is 0 Å². The number of rotatable bonds is 5. The summed E-state index contributed by atoms with van der Waals surface area (Å²) in [6, 6.07) is 7.25. The van der Waals surface area contributed by atoms with Gasteiger partial charge in [-0.05, 0) is 43.9 Å². The molecule has 0 radical (unpaired) electrons. The minimum absolute atomic E-state index is 0. The molecule has 0 aliphatic carbocycles. The zero-order valence-corrected chi connectivity index (χ0v) is 12.1. The van der Waals surface area contributed by atoms with Crippen molar-refractivity contribution in [1.29, 1.82) is 0 Å². The largest absolute Gasteiger partial charge is 0.399 e. The van der Waals surface area contributed by atoms with Crippen molar-refractivity contribution in [3.05, 3.63) is 29.8 Å². The van der Waals surface area contributed by atoms with Crippen molar-refractivity contribution in [2.75, 3.05) is 5.73 Å². The second-order valence-electron chi connectivity index (χ2n) is 4.97. The summed E-state index contributed by atoms with van der Waals surface area (Å²) < 4.78 is 0. The molecule has 0 aliphatic rings. The lowest BCUT2D eigenvalue weighted by Gasteiger charge is -2.15. The van der Waals surface area contributed by atoms with Crippen LogP contribution >= 0.6 is 12.4 Å². The number of nitrogens with two attached hydrogens (primary N) is 1. The summed E-state index contributed by atoms with van der Waals surface area (Å²) in [5, 5.41) is 2.98. The first kappa shape index (κ1) is 16.8. The topological polar surface area (TPSA) is 55.1 Å². The Morgan fingerprint density at radius 1 is 1.28 bits per heavy atom. The molecule has 1 aromatic carbocycles. The van der Waals surface area contributed by atoms with Crippen LogP contribution in [0.3, 0.4) is 0 Å². The number of carbonyl (C=O) groups is 1. The van der Waals surface area contributed by atoms with Crippen LogP contribution in [0.4, 0.5) is 5.69 Å². The Balaban J connectivity index is 0.00000289. The Bertz CT molecular complexity index is 380. The van der Waals surface area contributed by atoms with E-state index in [0.29, 0.717) is 17.2 Å². The maximum atomic E-state index is 11.9. The summed E-state index contributed by atoms with van der Waals surface area (Å²) in [5.41, 5.74) is 6.89. The van der Waals surface area contributed by atoms with E-state index >= 15 is 0 Å². The summed E-state index contributed by atoms with van der Waals surface area (Å²) in [4.78, 5) is 11.9. The van der Waals surface area contributed by atoms with Gasteiger partial charge in [0.25, 0.3) is 5.91 Å². The fraction of sp³-hybridized carbons (Fsp3) is 0.500. The Kier molecular flexibility index (Phi) is 7.44. The molecule has 1 unspecified atom stereocenters. The van der Waals surface area contributed by atoms with Crippen molar-refractivity contribution in [2.45, 2.75) is 39.7 Å². The van der Waals surface area contributed by atoms with E-state index in [4.69, 9.17) is 5.73 Å². The zero-order valence-electron chi connectivity index (χ0n) is 11.3. The fourth-order valence-corrected chi connectivity index (χ4v) is 1.64. The first-order chi connectivity index (χ1) is 7.99. The van der Waals surface area contributed by atoms with E-state index < -0.39 is 0 Å². The van der Waals surface area contributed by atoms with Crippen LogP contribution < -0.4 is 11.1 Å². The minimum atomic E-state index is -0.0476. The van der Waals surface area contributed by atoms with Gasteiger partial charge in [-0.1, -0.05) is 19.9 Å². The van der Waals surface area contributed by atoms with Gasteiger partial charge >= 0.3 is 0 Å². The molecule has 1 aromatic rings. The van der Waals surface area contributed by atoms with E-state index in [1.807, 2.05) is 6.92 Å². The molecule has 102 valence electrons. The normalized spacial score (nSPS) is 11.8. The molecule has 0 aromatic heterocycles. The summed E-state index contributed by atoms with van der Waals surface area (Å²) >= 11 is 0. The molecule has 0 aliphatic heterocycles. The predicted octanol–water partition coefficient (Wildman–Crippen LogP) is 3.25. The van der Waals surface area contributed by atoms with E-state index in [2.05, 4.69) is 19.2 Å². The number of amides is 1. The maximum Gasteiger partial charge on any atom is 0.251 e. The minimum Gasteiger partial charge on any atom is -0.399 e. The average Bonchev–Trinajstić information content (AvgIpc) is 2.26. The van der Waals surface area contributed by atoms with Gasteiger partial charge in [0.15, 0.2) is 0 Å². The third kappa shape index (κ3) is 5.92. The molecular weight excluding hydrogens is 248 g/mol. The molecule has 4 heteroatoms. The van der Waals surface area contributed by atoms with E-state index in [0.717, 1.165) is 12.8 Å². The standard InChI is InChI=1S/C14H22N2O.ClH/c1-10(2)7-8-11(3)16-14(17)12-5-4-6-13(15)9-12;/h4-6,9-11H,7-8,15H2,1-3H3,(H,16,17);1H. The first-order valence-corrected chi connectivity index (χ1v) is 6.15. The van der Waals surface area contributed by atoms with Gasteiger partial charge in [-0.15, -0.1) is 12.4 Å². The van der Waals surface area contributed by atoms with Gasteiger partial charge in [0, 0.05) is 17.3 Å². The molecule has 3 nitrogen and oxygen atoms in total. The lowest BCUT2D eigenvalue weighted by Crippen LogP contribution is -2.32.